The number of nitriles is 1. The summed E-state index contributed by atoms with van der Waals surface area (Å²) in [5.74, 6) is 0.740. The van der Waals surface area contributed by atoms with Crippen molar-refractivity contribution >= 4 is 34.0 Å². The van der Waals surface area contributed by atoms with Gasteiger partial charge in [0.15, 0.2) is 0 Å². The van der Waals surface area contributed by atoms with Gasteiger partial charge in [0, 0.05) is 0 Å². The molecule has 2 N–H and O–H groups in total. The minimum Gasteiger partial charge on any atom is -0.316 e. The van der Waals surface area contributed by atoms with Crippen LogP contribution in [0.15, 0.2) is 16.6 Å². The van der Waals surface area contributed by atoms with Gasteiger partial charge >= 0.3 is 0 Å². The van der Waals surface area contributed by atoms with Crippen LogP contribution in [0.4, 0.5) is 5.00 Å². The number of aromatic amines is 1. The van der Waals surface area contributed by atoms with E-state index in [1.54, 1.807) is 18.4 Å². The maximum atomic E-state index is 11.7. The van der Waals surface area contributed by atoms with Gasteiger partial charge in [-0.05, 0) is 18.4 Å². The number of hydrogen-bond donors (Lipinski definition) is 2. The Labute approximate surface area is 111 Å². The number of rotatable bonds is 4. The molecule has 92 valence electrons. The van der Waals surface area contributed by atoms with Crippen LogP contribution in [0.25, 0.3) is 0 Å². The molecule has 0 spiro atoms. The Kier molecular flexibility index (Phi) is 3.96. The highest BCUT2D eigenvalue weighted by Gasteiger charge is 2.10. The van der Waals surface area contributed by atoms with Gasteiger partial charge in [-0.2, -0.15) is 5.26 Å². The number of aromatic nitrogens is 3. The van der Waals surface area contributed by atoms with Gasteiger partial charge in [0.1, 0.15) is 16.9 Å². The molecule has 0 radical (unpaired) electrons. The molecule has 0 atom stereocenters. The van der Waals surface area contributed by atoms with Crippen molar-refractivity contribution in [2.45, 2.75) is 12.1 Å². The van der Waals surface area contributed by atoms with E-state index in [1.165, 1.54) is 23.1 Å². The van der Waals surface area contributed by atoms with Crippen molar-refractivity contribution in [1.82, 2.24) is 15.2 Å². The second-order valence-corrected chi connectivity index (χ2v) is 5.17. The van der Waals surface area contributed by atoms with E-state index in [0.29, 0.717) is 21.5 Å². The molecule has 0 aliphatic carbocycles. The van der Waals surface area contributed by atoms with Crippen molar-refractivity contribution in [1.29, 1.82) is 5.26 Å². The van der Waals surface area contributed by atoms with Gasteiger partial charge in [-0.1, -0.05) is 11.8 Å². The predicted molar refractivity (Wildman–Crippen MR) is 69.5 cm³/mol. The predicted octanol–water partition coefficient (Wildman–Crippen LogP) is 1.78. The Bertz CT molecular complexity index is 597. The summed E-state index contributed by atoms with van der Waals surface area (Å²) in [6.07, 6.45) is 0. The summed E-state index contributed by atoms with van der Waals surface area (Å²) >= 11 is 2.57. The van der Waals surface area contributed by atoms with Gasteiger partial charge in [-0.25, -0.2) is 4.98 Å². The highest BCUT2D eigenvalue weighted by molar-refractivity contribution is 7.99. The van der Waals surface area contributed by atoms with Crippen LogP contribution in [0.1, 0.15) is 11.4 Å². The third-order valence-corrected chi connectivity index (χ3v) is 3.62. The van der Waals surface area contributed by atoms with E-state index in [4.69, 9.17) is 5.26 Å². The van der Waals surface area contributed by atoms with Gasteiger partial charge in [0.2, 0.25) is 11.1 Å². The molecular formula is C10H9N5OS2. The topological polar surface area (TPSA) is 94.5 Å². The lowest BCUT2D eigenvalue weighted by Crippen LogP contribution is -2.13. The molecule has 1 amide bonds. The maximum Gasteiger partial charge on any atom is 0.235 e. The van der Waals surface area contributed by atoms with E-state index >= 15 is 0 Å². The monoisotopic (exact) mass is 279 g/mol. The van der Waals surface area contributed by atoms with Crippen LogP contribution in [0.3, 0.4) is 0 Å². The van der Waals surface area contributed by atoms with Crippen LogP contribution >= 0.6 is 23.1 Å². The third kappa shape index (κ3) is 3.09. The minimum atomic E-state index is -0.179. The van der Waals surface area contributed by atoms with Gasteiger partial charge in [-0.15, -0.1) is 16.4 Å². The largest absolute Gasteiger partial charge is 0.316 e. The van der Waals surface area contributed by atoms with Crippen LogP contribution in [0.2, 0.25) is 0 Å². The smallest absolute Gasteiger partial charge is 0.235 e. The summed E-state index contributed by atoms with van der Waals surface area (Å²) in [5, 5.41) is 21.0. The molecule has 0 aliphatic rings. The number of nitrogens with zero attached hydrogens (tertiary/aromatic N) is 3. The molecule has 0 aliphatic heterocycles. The number of nitrogens with one attached hydrogen (secondary N) is 2. The zero-order valence-electron chi connectivity index (χ0n) is 9.43. The summed E-state index contributed by atoms with van der Waals surface area (Å²) in [6, 6.07) is 3.69. The zero-order valence-corrected chi connectivity index (χ0v) is 11.1. The standard InChI is InChI=1S/C10H9N5OS2/c1-6-12-10(15-14-6)18-5-8(16)13-9-7(4-11)2-3-17-9/h2-3H,5H2,1H3,(H,13,16)(H,12,14,15). The van der Waals surface area contributed by atoms with E-state index in [1.807, 2.05) is 6.07 Å². The van der Waals surface area contributed by atoms with Crippen LogP contribution < -0.4 is 5.32 Å². The molecule has 0 saturated heterocycles. The number of H-pyrrole nitrogens is 1. The Morgan fingerprint density at radius 1 is 1.72 bits per heavy atom. The summed E-state index contributed by atoms with van der Waals surface area (Å²) in [7, 11) is 0. The van der Waals surface area contributed by atoms with Crippen LogP contribution in [-0.4, -0.2) is 26.8 Å². The Morgan fingerprint density at radius 2 is 2.56 bits per heavy atom. The molecule has 0 saturated carbocycles. The molecule has 6 nitrogen and oxygen atoms in total. The average Bonchev–Trinajstić information content (AvgIpc) is 2.95. The summed E-state index contributed by atoms with van der Waals surface area (Å²) in [4.78, 5) is 15.7. The van der Waals surface area contributed by atoms with Crippen molar-refractivity contribution < 1.29 is 4.79 Å². The van der Waals surface area contributed by atoms with Gasteiger partial charge in [0.25, 0.3) is 0 Å². The van der Waals surface area contributed by atoms with Crippen LogP contribution in [0, 0.1) is 18.3 Å². The lowest BCUT2D eigenvalue weighted by atomic mass is 10.3. The molecule has 2 aromatic heterocycles. The number of carbonyl (C=O) groups excluding carboxylic acids is 1. The minimum absolute atomic E-state index is 0.179. The fourth-order valence-electron chi connectivity index (χ4n) is 1.17. The number of aryl methyl sites for hydroxylation is 1. The van der Waals surface area contributed by atoms with E-state index in [2.05, 4.69) is 20.5 Å². The van der Waals surface area contributed by atoms with E-state index < -0.39 is 0 Å². The molecule has 2 rings (SSSR count). The van der Waals surface area contributed by atoms with Gasteiger partial charge < -0.3 is 5.32 Å². The number of hydrogen-bond acceptors (Lipinski definition) is 6. The highest BCUT2D eigenvalue weighted by Crippen LogP contribution is 2.22. The van der Waals surface area contributed by atoms with Crippen LogP contribution in [-0.2, 0) is 4.79 Å². The first-order valence-electron chi connectivity index (χ1n) is 4.98. The lowest BCUT2D eigenvalue weighted by molar-refractivity contribution is -0.113. The fraction of sp³-hybridized carbons (Fsp3) is 0.200. The second kappa shape index (κ2) is 5.66. The van der Waals surface area contributed by atoms with Crippen molar-refractivity contribution in [3.63, 3.8) is 0 Å². The maximum absolute atomic E-state index is 11.7. The van der Waals surface area contributed by atoms with Crippen molar-refractivity contribution in [2.75, 3.05) is 11.1 Å². The lowest BCUT2D eigenvalue weighted by Gasteiger charge is -2.01. The first-order valence-corrected chi connectivity index (χ1v) is 6.85. The number of carbonyl (C=O) groups is 1. The number of thioether (sulfide) groups is 1. The fourth-order valence-corrected chi connectivity index (χ4v) is 2.57. The molecule has 2 heterocycles. The Hall–Kier alpha value is -1.85. The van der Waals surface area contributed by atoms with Gasteiger partial charge in [-0.3, -0.25) is 9.89 Å². The summed E-state index contributed by atoms with van der Waals surface area (Å²) < 4.78 is 0. The first-order chi connectivity index (χ1) is 8.69. The molecule has 0 aromatic carbocycles. The molecule has 8 heteroatoms. The summed E-state index contributed by atoms with van der Waals surface area (Å²) in [5.41, 5.74) is 0.479. The SMILES string of the molecule is Cc1nc(SCC(=O)Nc2sccc2C#N)n[nH]1. The highest BCUT2D eigenvalue weighted by atomic mass is 32.2. The summed E-state index contributed by atoms with van der Waals surface area (Å²) in [6.45, 7) is 1.79. The zero-order chi connectivity index (χ0) is 13.0. The van der Waals surface area contributed by atoms with Crippen molar-refractivity contribution in [3.8, 4) is 6.07 Å². The molecule has 2 aromatic rings. The van der Waals surface area contributed by atoms with Gasteiger partial charge in [0.05, 0.1) is 11.3 Å². The normalized spacial score (nSPS) is 10.0. The number of anilines is 1. The average molecular weight is 279 g/mol. The van der Waals surface area contributed by atoms with E-state index in [9.17, 15) is 4.79 Å². The second-order valence-electron chi connectivity index (χ2n) is 3.32. The van der Waals surface area contributed by atoms with Crippen molar-refractivity contribution in [3.05, 3.63) is 22.8 Å². The molecular weight excluding hydrogens is 270 g/mol. The van der Waals surface area contributed by atoms with E-state index in [-0.39, 0.29) is 11.7 Å². The van der Waals surface area contributed by atoms with Crippen LogP contribution in [0.5, 0.6) is 0 Å². The molecule has 18 heavy (non-hydrogen) atoms. The number of thiophene rings is 1. The molecule has 0 bridgehead atoms. The molecule has 0 unspecified atom stereocenters. The van der Waals surface area contributed by atoms with E-state index in [0.717, 1.165) is 0 Å². The quantitative estimate of drug-likeness (QED) is 0.832. The third-order valence-electron chi connectivity index (χ3n) is 1.95. The molecule has 0 fully saturated rings. The Balaban J connectivity index is 1.88. The first kappa shape index (κ1) is 12.6. The Morgan fingerprint density at radius 3 is 3.22 bits per heavy atom. The number of amides is 1. The van der Waals surface area contributed by atoms with Crippen molar-refractivity contribution in [2.24, 2.45) is 0 Å².